The average molecular weight is 329 g/mol. The second kappa shape index (κ2) is 5.15. The molecule has 2 aromatic rings. The van der Waals surface area contributed by atoms with Gasteiger partial charge in [-0.1, -0.05) is 0 Å². The van der Waals surface area contributed by atoms with Gasteiger partial charge >= 0.3 is 5.97 Å². The summed E-state index contributed by atoms with van der Waals surface area (Å²) < 4.78 is 28.8. The molecular weight excluding hydrogens is 314 g/mol. The summed E-state index contributed by atoms with van der Waals surface area (Å²) in [6.07, 6.45) is 0. The minimum Gasteiger partial charge on any atom is -0.477 e. The molecule has 21 heavy (non-hydrogen) atoms. The summed E-state index contributed by atoms with van der Waals surface area (Å²) in [6.45, 7) is 5.02. The number of anilines is 1. The first kappa shape index (κ1) is 15.5. The van der Waals surface area contributed by atoms with Crippen molar-refractivity contribution in [3.05, 3.63) is 27.9 Å². The number of nitrogens with one attached hydrogen (secondary N) is 1. The maximum atomic E-state index is 12.4. The molecule has 0 aliphatic rings. The summed E-state index contributed by atoms with van der Waals surface area (Å²) in [4.78, 5) is 11.0. The second-order valence-electron chi connectivity index (χ2n) is 4.66. The van der Waals surface area contributed by atoms with Crippen LogP contribution in [0.4, 0.5) is 5.69 Å². The van der Waals surface area contributed by atoms with Crippen LogP contribution >= 0.6 is 11.3 Å². The maximum absolute atomic E-state index is 12.4. The van der Waals surface area contributed by atoms with Crippen LogP contribution in [0.2, 0.25) is 0 Å². The Morgan fingerprint density at radius 1 is 1.38 bits per heavy atom. The molecule has 2 N–H and O–H groups in total. The van der Waals surface area contributed by atoms with E-state index < -0.39 is 16.0 Å². The molecule has 0 radical (unpaired) electrons. The zero-order chi connectivity index (χ0) is 15.9. The number of nitrogens with zero attached hydrogens (tertiary/aromatic N) is 2. The molecule has 0 aliphatic heterocycles. The van der Waals surface area contributed by atoms with Crippen molar-refractivity contribution in [1.29, 1.82) is 0 Å². The van der Waals surface area contributed by atoms with Crippen molar-refractivity contribution in [2.45, 2.75) is 25.0 Å². The normalized spacial score (nSPS) is 11.6. The molecule has 0 spiro atoms. The predicted octanol–water partition coefficient (Wildman–Crippen LogP) is 1.91. The predicted molar refractivity (Wildman–Crippen MR) is 79.5 cm³/mol. The molecule has 9 heteroatoms. The van der Waals surface area contributed by atoms with Crippen molar-refractivity contribution in [3.63, 3.8) is 0 Å². The monoisotopic (exact) mass is 329 g/mol. The number of hydrogen-bond donors (Lipinski definition) is 2. The van der Waals surface area contributed by atoms with Crippen LogP contribution in [0, 0.1) is 20.8 Å². The lowest BCUT2D eigenvalue weighted by Crippen LogP contribution is -2.12. The summed E-state index contributed by atoms with van der Waals surface area (Å²) >= 11 is 0.735. The number of aromatic nitrogens is 2. The summed E-state index contributed by atoms with van der Waals surface area (Å²) in [5, 5.41) is 13.1. The van der Waals surface area contributed by atoms with Gasteiger partial charge in [-0.25, -0.2) is 13.2 Å². The van der Waals surface area contributed by atoms with Gasteiger partial charge in [0.2, 0.25) is 0 Å². The van der Waals surface area contributed by atoms with Crippen molar-refractivity contribution in [2.24, 2.45) is 7.05 Å². The molecule has 0 bridgehead atoms. The third kappa shape index (κ3) is 2.79. The molecule has 2 heterocycles. The Bertz CT molecular complexity index is 818. The zero-order valence-corrected chi connectivity index (χ0v) is 13.6. The quantitative estimate of drug-likeness (QED) is 0.892. The second-order valence-corrected chi connectivity index (χ2v) is 7.62. The third-order valence-corrected chi connectivity index (χ3v) is 6.15. The lowest BCUT2D eigenvalue weighted by Gasteiger charge is -2.06. The first-order valence-electron chi connectivity index (χ1n) is 6.00. The number of carboxylic acid groups (broad SMARTS) is 1. The summed E-state index contributed by atoms with van der Waals surface area (Å²) in [7, 11) is -2.11. The van der Waals surface area contributed by atoms with Crippen molar-refractivity contribution >= 4 is 33.0 Å². The molecule has 114 valence electrons. The minimum atomic E-state index is -3.83. The number of rotatable bonds is 4. The summed E-state index contributed by atoms with van der Waals surface area (Å²) in [5.41, 5.74) is 2.08. The van der Waals surface area contributed by atoms with Crippen LogP contribution in [-0.2, 0) is 17.1 Å². The fourth-order valence-corrected chi connectivity index (χ4v) is 4.46. The number of aryl methyl sites for hydroxylation is 3. The van der Waals surface area contributed by atoms with Crippen LogP contribution in [0.3, 0.4) is 0 Å². The highest BCUT2D eigenvalue weighted by Crippen LogP contribution is 2.29. The van der Waals surface area contributed by atoms with Crippen LogP contribution < -0.4 is 4.72 Å². The van der Waals surface area contributed by atoms with E-state index in [0.717, 1.165) is 11.3 Å². The Morgan fingerprint density at radius 3 is 2.43 bits per heavy atom. The van der Waals surface area contributed by atoms with E-state index in [1.807, 2.05) is 0 Å². The number of carbonyl (C=O) groups is 1. The molecule has 0 amide bonds. The smallest absolute Gasteiger partial charge is 0.346 e. The molecule has 7 nitrogen and oxygen atoms in total. The van der Waals surface area contributed by atoms with Crippen LogP contribution in [-0.4, -0.2) is 29.3 Å². The lowest BCUT2D eigenvalue weighted by molar-refractivity contribution is 0.0701. The van der Waals surface area contributed by atoms with Gasteiger partial charge in [-0.3, -0.25) is 9.40 Å². The Labute approximate surface area is 126 Å². The van der Waals surface area contributed by atoms with Gasteiger partial charge in [-0.05, 0) is 32.4 Å². The number of thiophene rings is 1. The zero-order valence-electron chi connectivity index (χ0n) is 12.0. The Morgan fingerprint density at radius 2 is 2.00 bits per heavy atom. The van der Waals surface area contributed by atoms with Crippen molar-refractivity contribution < 1.29 is 18.3 Å². The van der Waals surface area contributed by atoms with Gasteiger partial charge in [0.05, 0.1) is 17.1 Å². The lowest BCUT2D eigenvalue weighted by atomic mass is 10.3. The highest BCUT2D eigenvalue weighted by atomic mass is 32.2. The molecular formula is C12H15N3O4S2. The van der Waals surface area contributed by atoms with Crippen LogP contribution in [0.15, 0.2) is 10.3 Å². The van der Waals surface area contributed by atoms with Crippen LogP contribution in [0.25, 0.3) is 0 Å². The Kier molecular flexibility index (Phi) is 3.81. The van der Waals surface area contributed by atoms with E-state index in [2.05, 4.69) is 9.82 Å². The van der Waals surface area contributed by atoms with Crippen LogP contribution in [0.5, 0.6) is 0 Å². The highest BCUT2D eigenvalue weighted by Gasteiger charge is 2.24. The van der Waals surface area contributed by atoms with E-state index in [-0.39, 0.29) is 9.09 Å². The van der Waals surface area contributed by atoms with Crippen molar-refractivity contribution in [3.8, 4) is 0 Å². The van der Waals surface area contributed by atoms with Crippen molar-refractivity contribution in [2.75, 3.05) is 4.72 Å². The largest absolute Gasteiger partial charge is 0.477 e. The minimum absolute atomic E-state index is 0.0232. The number of sulfonamides is 1. The average Bonchev–Trinajstić information content (AvgIpc) is 2.86. The molecule has 2 rings (SSSR count). The van der Waals surface area contributed by atoms with Crippen LogP contribution in [0.1, 0.15) is 26.6 Å². The first-order valence-corrected chi connectivity index (χ1v) is 8.30. The van der Waals surface area contributed by atoms with E-state index in [9.17, 15) is 13.2 Å². The Balaban J connectivity index is 2.43. The molecule has 0 atom stereocenters. The Hall–Kier alpha value is -1.87. The SMILES string of the molecule is Cc1cc(S(=O)(=O)Nc2c(C)nn(C)c2C)sc1C(=O)O. The van der Waals surface area contributed by atoms with E-state index in [1.54, 1.807) is 32.5 Å². The van der Waals surface area contributed by atoms with Gasteiger partial charge in [0, 0.05) is 7.05 Å². The molecule has 2 aromatic heterocycles. The molecule has 0 aliphatic carbocycles. The molecule has 0 fully saturated rings. The fourth-order valence-electron chi connectivity index (χ4n) is 1.90. The molecule has 0 saturated heterocycles. The van der Waals surface area contributed by atoms with Gasteiger partial charge in [0.1, 0.15) is 9.09 Å². The summed E-state index contributed by atoms with van der Waals surface area (Å²) in [6, 6.07) is 1.36. The molecule has 0 saturated carbocycles. The highest BCUT2D eigenvalue weighted by molar-refractivity contribution is 7.94. The maximum Gasteiger partial charge on any atom is 0.346 e. The van der Waals surface area contributed by atoms with E-state index in [4.69, 9.17) is 5.11 Å². The molecule has 0 unspecified atom stereocenters. The summed E-state index contributed by atoms with van der Waals surface area (Å²) in [5.74, 6) is -1.13. The fraction of sp³-hybridized carbons (Fsp3) is 0.333. The van der Waals surface area contributed by atoms with Gasteiger partial charge in [-0.2, -0.15) is 5.10 Å². The third-order valence-electron chi connectivity index (χ3n) is 3.10. The van der Waals surface area contributed by atoms with Gasteiger partial charge < -0.3 is 5.11 Å². The topological polar surface area (TPSA) is 101 Å². The number of aromatic carboxylic acids is 1. The van der Waals surface area contributed by atoms with E-state index >= 15 is 0 Å². The van der Waals surface area contributed by atoms with E-state index in [0.29, 0.717) is 22.6 Å². The van der Waals surface area contributed by atoms with Crippen molar-refractivity contribution in [1.82, 2.24) is 9.78 Å². The van der Waals surface area contributed by atoms with Gasteiger partial charge in [0.25, 0.3) is 10.0 Å². The van der Waals surface area contributed by atoms with Gasteiger partial charge in [0.15, 0.2) is 0 Å². The first-order chi connectivity index (χ1) is 9.63. The molecule has 0 aromatic carbocycles. The van der Waals surface area contributed by atoms with Gasteiger partial charge in [-0.15, -0.1) is 11.3 Å². The number of carboxylic acids is 1. The standard InChI is InChI=1S/C12H15N3O4S2/c1-6-5-9(20-11(6)12(16)17)21(18,19)14-10-7(2)13-15(4)8(10)3/h5,14H,1-4H3,(H,16,17). The number of hydrogen-bond acceptors (Lipinski definition) is 5. The van der Waals surface area contributed by atoms with E-state index in [1.165, 1.54) is 6.07 Å².